The molecule has 15 heteroatoms. The number of hydrogen-bond acceptors (Lipinski definition) is 8. The summed E-state index contributed by atoms with van der Waals surface area (Å²) < 4.78 is 99.9. The van der Waals surface area contributed by atoms with Gasteiger partial charge in [-0.15, -0.1) is 0 Å². The number of nitrogens with zero attached hydrogens (tertiary/aromatic N) is 3. The van der Waals surface area contributed by atoms with E-state index in [-0.39, 0.29) is 21.6 Å². The van der Waals surface area contributed by atoms with Crippen LogP contribution in [0, 0.1) is 10.1 Å². The van der Waals surface area contributed by atoms with E-state index in [0.29, 0.717) is 12.3 Å². The van der Waals surface area contributed by atoms with E-state index in [2.05, 4.69) is 9.97 Å². The van der Waals surface area contributed by atoms with Gasteiger partial charge >= 0.3 is 6.18 Å². The summed E-state index contributed by atoms with van der Waals surface area (Å²) >= 11 is 0. The van der Waals surface area contributed by atoms with Crippen LogP contribution in [0.25, 0.3) is 33.5 Å². The van der Waals surface area contributed by atoms with Crippen LogP contribution in [0.1, 0.15) is 5.82 Å². The number of nitro groups is 1. The highest BCUT2D eigenvalue weighted by atomic mass is 32.2. The minimum atomic E-state index is -5.30. The molecule has 1 aromatic heterocycles. The monoisotopic (exact) mass is 579 g/mol. The number of nitro benzene ring substituents is 1. The highest BCUT2D eigenvalue weighted by molar-refractivity contribution is 7.90. The largest absolute Gasteiger partial charge is 0.451 e. The van der Waals surface area contributed by atoms with E-state index < -0.39 is 64.3 Å². The van der Waals surface area contributed by atoms with Gasteiger partial charge in [-0.1, -0.05) is 42.5 Å². The lowest BCUT2D eigenvalue weighted by atomic mass is 9.90. The molecule has 0 aliphatic carbocycles. The maximum Gasteiger partial charge on any atom is 0.451 e. The number of rotatable bonds is 6. The SMILES string of the molecule is CS(=O)(=O)c1ccc(-c2c(-c3ccccc3)c([N+](=O)[O-])cc(-c3ccnc(C(F)(F)F)n3)c2S(=O)(=O)O)cc1. The Labute approximate surface area is 219 Å². The lowest BCUT2D eigenvalue weighted by Crippen LogP contribution is -2.12. The predicted octanol–water partition coefficient (Wildman–Crippen LogP) is 5.05. The van der Waals surface area contributed by atoms with Crippen molar-refractivity contribution in [1.29, 1.82) is 0 Å². The number of hydrogen-bond donors (Lipinski definition) is 1. The van der Waals surface area contributed by atoms with Gasteiger partial charge in [0.1, 0.15) is 4.90 Å². The van der Waals surface area contributed by atoms with E-state index in [1.54, 1.807) is 6.07 Å². The summed E-state index contributed by atoms with van der Waals surface area (Å²) in [4.78, 5) is 16.7. The Kier molecular flexibility index (Phi) is 7.01. The number of halogens is 3. The molecule has 0 amide bonds. The Balaban J connectivity index is 2.24. The van der Waals surface area contributed by atoms with Gasteiger partial charge in [0.25, 0.3) is 15.8 Å². The van der Waals surface area contributed by atoms with E-state index in [1.165, 1.54) is 36.4 Å². The maximum atomic E-state index is 13.3. The van der Waals surface area contributed by atoms with Crippen LogP contribution < -0.4 is 0 Å². The first-order valence-electron chi connectivity index (χ1n) is 10.7. The summed E-state index contributed by atoms with van der Waals surface area (Å²) in [7, 11) is -9.00. The van der Waals surface area contributed by atoms with Crippen molar-refractivity contribution in [3.05, 3.63) is 88.9 Å². The number of alkyl halides is 3. The minimum Gasteiger partial charge on any atom is -0.282 e. The van der Waals surface area contributed by atoms with Crippen molar-refractivity contribution in [2.75, 3.05) is 6.26 Å². The second kappa shape index (κ2) is 9.83. The van der Waals surface area contributed by atoms with Gasteiger partial charge in [0.05, 0.1) is 21.1 Å². The summed E-state index contributed by atoms with van der Waals surface area (Å²) in [5, 5.41) is 12.2. The van der Waals surface area contributed by atoms with Crippen LogP contribution in [0.5, 0.6) is 0 Å². The van der Waals surface area contributed by atoms with Crippen LogP contribution in [0.4, 0.5) is 18.9 Å². The van der Waals surface area contributed by atoms with Gasteiger partial charge in [-0.2, -0.15) is 21.6 Å². The third-order valence-electron chi connectivity index (χ3n) is 5.53. The van der Waals surface area contributed by atoms with Crippen LogP contribution in [0.2, 0.25) is 0 Å². The Morgan fingerprint density at radius 1 is 0.897 bits per heavy atom. The molecule has 0 bridgehead atoms. The zero-order chi connectivity index (χ0) is 28.8. The smallest absolute Gasteiger partial charge is 0.282 e. The van der Waals surface area contributed by atoms with Gasteiger partial charge in [-0.05, 0) is 29.3 Å². The molecule has 1 N–H and O–H groups in total. The molecule has 39 heavy (non-hydrogen) atoms. The zero-order valence-electron chi connectivity index (χ0n) is 19.6. The minimum absolute atomic E-state index is 0.0797. The van der Waals surface area contributed by atoms with Crippen LogP contribution in [0.15, 0.2) is 82.7 Å². The van der Waals surface area contributed by atoms with Crippen molar-refractivity contribution in [2.24, 2.45) is 0 Å². The average Bonchev–Trinajstić information content (AvgIpc) is 2.86. The maximum absolute atomic E-state index is 13.3. The van der Waals surface area contributed by atoms with E-state index in [4.69, 9.17) is 0 Å². The summed E-state index contributed by atoms with van der Waals surface area (Å²) in [6, 6.07) is 13.7. The zero-order valence-corrected chi connectivity index (χ0v) is 21.2. The van der Waals surface area contributed by atoms with Crippen molar-refractivity contribution in [2.45, 2.75) is 16.0 Å². The summed E-state index contributed by atoms with van der Waals surface area (Å²) in [6.07, 6.45) is -3.41. The molecule has 202 valence electrons. The second-order valence-corrected chi connectivity index (χ2v) is 11.6. The van der Waals surface area contributed by atoms with Crippen molar-refractivity contribution in [3.8, 4) is 33.5 Å². The molecule has 0 saturated heterocycles. The lowest BCUT2D eigenvalue weighted by molar-refractivity contribution is -0.384. The molecule has 0 radical (unpaired) electrons. The highest BCUT2D eigenvalue weighted by Crippen LogP contribution is 2.47. The topological polar surface area (TPSA) is 157 Å². The average molecular weight is 580 g/mol. The summed E-state index contributed by atoms with van der Waals surface area (Å²) in [5.74, 6) is -1.64. The van der Waals surface area contributed by atoms with Gasteiger partial charge in [-0.3, -0.25) is 14.7 Å². The number of benzene rings is 3. The fourth-order valence-electron chi connectivity index (χ4n) is 3.94. The summed E-state index contributed by atoms with van der Waals surface area (Å²) in [6.45, 7) is 0. The van der Waals surface area contributed by atoms with Gasteiger partial charge in [-0.25, -0.2) is 18.4 Å². The normalized spacial score (nSPS) is 12.3. The molecule has 0 saturated carbocycles. The second-order valence-electron chi connectivity index (χ2n) is 8.18. The molecule has 4 rings (SSSR count). The van der Waals surface area contributed by atoms with E-state index in [9.17, 15) is 44.7 Å². The Hall–Kier alpha value is -4.21. The molecule has 0 fully saturated rings. The van der Waals surface area contributed by atoms with Gasteiger partial charge in [0.2, 0.25) is 5.82 Å². The third kappa shape index (κ3) is 5.64. The third-order valence-corrected chi connectivity index (χ3v) is 7.60. The molecule has 0 spiro atoms. The predicted molar refractivity (Wildman–Crippen MR) is 133 cm³/mol. The number of sulfone groups is 1. The number of aromatic nitrogens is 2. The quantitative estimate of drug-likeness (QED) is 0.187. The Morgan fingerprint density at radius 2 is 1.49 bits per heavy atom. The van der Waals surface area contributed by atoms with Gasteiger partial charge in [0.15, 0.2) is 9.84 Å². The standard InChI is InChI=1S/C24H16F3N3O7S2/c1-38(33,34)16-9-7-15(8-10-16)21-20(14-5-3-2-4-6-14)19(30(31)32)13-17(22(21)39(35,36)37)18-11-12-28-23(29-18)24(25,26)27/h2-13H,1H3,(H,35,36,37). The first-order valence-corrected chi connectivity index (χ1v) is 14.0. The van der Waals surface area contributed by atoms with Crippen molar-refractivity contribution < 1.29 is 39.5 Å². The van der Waals surface area contributed by atoms with Crippen LogP contribution in [0.3, 0.4) is 0 Å². The first kappa shape index (κ1) is 27.8. The Bertz CT molecular complexity index is 1810. The van der Waals surface area contributed by atoms with Crippen molar-refractivity contribution in [3.63, 3.8) is 0 Å². The molecule has 0 atom stereocenters. The first-order chi connectivity index (χ1) is 18.1. The fraction of sp³-hybridized carbons (Fsp3) is 0.0833. The fourth-order valence-corrected chi connectivity index (χ4v) is 5.49. The molecule has 3 aromatic carbocycles. The van der Waals surface area contributed by atoms with E-state index in [0.717, 1.165) is 24.5 Å². The van der Waals surface area contributed by atoms with E-state index >= 15 is 0 Å². The van der Waals surface area contributed by atoms with Crippen LogP contribution in [-0.2, 0) is 26.1 Å². The molecule has 0 aliphatic heterocycles. The molecule has 10 nitrogen and oxygen atoms in total. The molecule has 0 aliphatic rings. The molecule has 4 aromatic rings. The highest BCUT2D eigenvalue weighted by Gasteiger charge is 2.37. The molecular formula is C24H16F3N3O7S2. The van der Waals surface area contributed by atoms with Crippen LogP contribution in [-0.4, -0.2) is 42.5 Å². The van der Waals surface area contributed by atoms with Crippen molar-refractivity contribution in [1.82, 2.24) is 9.97 Å². The summed E-state index contributed by atoms with van der Waals surface area (Å²) in [5.41, 5.74) is -2.74. The van der Waals surface area contributed by atoms with Gasteiger partial charge in [0, 0.05) is 29.6 Å². The van der Waals surface area contributed by atoms with Gasteiger partial charge < -0.3 is 0 Å². The Morgan fingerprint density at radius 3 is 2.00 bits per heavy atom. The van der Waals surface area contributed by atoms with Crippen molar-refractivity contribution >= 4 is 25.6 Å². The molecule has 0 unspecified atom stereocenters. The molecule has 1 heterocycles. The van der Waals surface area contributed by atoms with E-state index in [1.807, 2.05) is 0 Å². The van der Waals surface area contributed by atoms with Crippen LogP contribution >= 0.6 is 0 Å². The molecular weight excluding hydrogens is 563 g/mol. The lowest BCUT2D eigenvalue weighted by Gasteiger charge is -2.18.